The molecular weight excluding hydrogens is 192 g/mol. The van der Waals surface area contributed by atoms with Crippen molar-refractivity contribution in [3.63, 3.8) is 0 Å². The van der Waals surface area contributed by atoms with Gasteiger partial charge in [0.1, 0.15) is 0 Å². The molecule has 2 rings (SSSR count). The molecule has 0 amide bonds. The van der Waals surface area contributed by atoms with E-state index in [2.05, 4.69) is 56.3 Å². The zero-order valence-corrected chi connectivity index (χ0v) is 10.4. The molecule has 0 bridgehead atoms. The van der Waals surface area contributed by atoms with Crippen LogP contribution in [0, 0.1) is 5.92 Å². The van der Waals surface area contributed by atoms with E-state index in [4.69, 9.17) is 0 Å². The molecule has 0 heteroatoms. The van der Waals surface area contributed by atoms with Crippen LogP contribution in [0.15, 0.2) is 42.5 Å². The minimum absolute atomic E-state index is 0.318. The molecule has 16 heavy (non-hydrogen) atoms. The predicted octanol–water partition coefficient (Wildman–Crippen LogP) is 4.71. The van der Waals surface area contributed by atoms with Crippen molar-refractivity contribution in [3.05, 3.63) is 48.0 Å². The third-order valence-corrected chi connectivity index (χ3v) is 4.24. The Hall–Kier alpha value is -1.04. The van der Waals surface area contributed by atoms with Crippen LogP contribution in [0.25, 0.3) is 0 Å². The van der Waals surface area contributed by atoms with Crippen LogP contribution in [0.4, 0.5) is 0 Å². The van der Waals surface area contributed by atoms with Crippen LogP contribution in [0.1, 0.15) is 45.1 Å². The number of hydrogen-bond donors (Lipinski definition) is 0. The Morgan fingerprint density at radius 1 is 1.25 bits per heavy atom. The summed E-state index contributed by atoms with van der Waals surface area (Å²) in [5.74, 6) is 0.716. The molecule has 0 saturated heterocycles. The standard InChI is InChI=1S/C16H22/c1-3-16(2,14-10-6-4-7-11-14)15-12-8-5-9-13-15/h4,6-8,10-12,15H,3,5,9,13H2,1-2H3. The third-order valence-electron chi connectivity index (χ3n) is 4.24. The summed E-state index contributed by atoms with van der Waals surface area (Å²) in [7, 11) is 0. The van der Waals surface area contributed by atoms with Crippen LogP contribution < -0.4 is 0 Å². The lowest BCUT2D eigenvalue weighted by molar-refractivity contribution is 0.306. The Balaban J connectivity index is 2.31. The molecule has 0 aromatic heterocycles. The van der Waals surface area contributed by atoms with E-state index in [0.29, 0.717) is 11.3 Å². The predicted molar refractivity (Wildman–Crippen MR) is 70.6 cm³/mol. The van der Waals surface area contributed by atoms with Gasteiger partial charge in [-0.05, 0) is 42.6 Å². The zero-order chi connectivity index (χ0) is 11.4. The number of rotatable bonds is 3. The summed E-state index contributed by atoms with van der Waals surface area (Å²) in [5, 5.41) is 0. The molecule has 86 valence electrons. The van der Waals surface area contributed by atoms with Crippen LogP contribution in [0.3, 0.4) is 0 Å². The molecular formula is C16H22. The molecule has 0 heterocycles. The zero-order valence-electron chi connectivity index (χ0n) is 10.4. The summed E-state index contributed by atoms with van der Waals surface area (Å²) in [5.41, 5.74) is 1.81. The smallest absolute Gasteiger partial charge is 0.00152 e. The van der Waals surface area contributed by atoms with Crippen LogP contribution in [-0.2, 0) is 5.41 Å². The maximum atomic E-state index is 2.44. The maximum Gasteiger partial charge on any atom is -0.00152 e. The fraction of sp³-hybridized carbons (Fsp3) is 0.500. The molecule has 1 aliphatic carbocycles. The Bertz CT molecular complexity index is 350. The Morgan fingerprint density at radius 3 is 2.56 bits per heavy atom. The van der Waals surface area contributed by atoms with Crippen molar-refractivity contribution in [3.8, 4) is 0 Å². The number of allylic oxidation sites excluding steroid dienone is 2. The average Bonchev–Trinajstić information content (AvgIpc) is 2.40. The maximum absolute atomic E-state index is 2.44. The first-order chi connectivity index (χ1) is 7.77. The van der Waals surface area contributed by atoms with Gasteiger partial charge in [0.2, 0.25) is 0 Å². The van der Waals surface area contributed by atoms with E-state index in [1.807, 2.05) is 0 Å². The van der Waals surface area contributed by atoms with Crippen molar-refractivity contribution >= 4 is 0 Å². The fourth-order valence-corrected chi connectivity index (χ4v) is 2.84. The van der Waals surface area contributed by atoms with E-state index < -0.39 is 0 Å². The average molecular weight is 214 g/mol. The van der Waals surface area contributed by atoms with E-state index in [0.717, 1.165) is 0 Å². The highest BCUT2D eigenvalue weighted by Crippen LogP contribution is 2.40. The van der Waals surface area contributed by atoms with Gasteiger partial charge in [-0.2, -0.15) is 0 Å². The third kappa shape index (κ3) is 2.07. The van der Waals surface area contributed by atoms with Gasteiger partial charge in [-0.1, -0.05) is 56.3 Å². The van der Waals surface area contributed by atoms with Gasteiger partial charge in [-0.15, -0.1) is 0 Å². The fourth-order valence-electron chi connectivity index (χ4n) is 2.84. The highest BCUT2D eigenvalue weighted by atomic mass is 14.4. The van der Waals surface area contributed by atoms with Crippen molar-refractivity contribution in [1.29, 1.82) is 0 Å². The largest absolute Gasteiger partial charge is 0.0882 e. The normalized spacial score (nSPS) is 24.0. The minimum atomic E-state index is 0.318. The van der Waals surface area contributed by atoms with Gasteiger partial charge in [0.05, 0.1) is 0 Å². The lowest BCUT2D eigenvalue weighted by Gasteiger charge is -2.37. The van der Waals surface area contributed by atoms with Gasteiger partial charge in [0.25, 0.3) is 0 Å². The molecule has 1 aliphatic rings. The molecule has 2 atom stereocenters. The summed E-state index contributed by atoms with van der Waals surface area (Å²) in [6, 6.07) is 11.0. The van der Waals surface area contributed by atoms with Crippen molar-refractivity contribution in [2.24, 2.45) is 5.92 Å². The van der Waals surface area contributed by atoms with Gasteiger partial charge in [0.15, 0.2) is 0 Å². The summed E-state index contributed by atoms with van der Waals surface area (Å²) in [4.78, 5) is 0. The molecule has 2 unspecified atom stereocenters. The second-order valence-electron chi connectivity index (χ2n) is 5.10. The Kier molecular flexibility index (Phi) is 3.48. The first-order valence-corrected chi connectivity index (χ1v) is 6.49. The summed E-state index contributed by atoms with van der Waals surface area (Å²) in [6.45, 7) is 4.73. The lowest BCUT2D eigenvalue weighted by Crippen LogP contribution is -2.31. The quantitative estimate of drug-likeness (QED) is 0.639. The molecule has 0 aliphatic heterocycles. The van der Waals surface area contributed by atoms with Crippen molar-refractivity contribution in [1.82, 2.24) is 0 Å². The second kappa shape index (κ2) is 4.86. The molecule has 0 fully saturated rings. The Labute approximate surface area is 99.4 Å². The van der Waals surface area contributed by atoms with Crippen LogP contribution in [0.5, 0.6) is 0 Å². The van der Waals surface area contributed by atoms with E-state index in [-0.39, 0.29) is 0 Å². The minimum Gasteiger partial charge on any atom is -0.0882 e. The summed E-state index contributed by atoms with van der Waals surface area (Å²) >= 11 is 0. The topological polar surface area (TPSA) is 0 Å². The molecule has 0 spiro atoms. The van der Waals surface area contributed by atoms with E-state index in [1.165, 1.54) is 31.2 Å². The monoisotopic (exact) mass is 214 g/mol. The van der Waals surface area contributed by atoms with Gasteiger partial charge in [0, 0.05) is 0 Å². The molecule has 1 aromatic carbocycles. The summed E-state index contributed by atoms with van der Waals surface area (Å²) in [6.07, 6.45) is 9.99. The molecule has 0 radical (unpaired) electrons. The van der Waals surface area contributed by atoms with E-state index >= 15 is 0 Å². The van der Waals surface area contributed by atoms with Gasteiger partial charge in [-0.3, -0.25) is 0 Å². The van der Waals surface area contributed by atoms with Crippen molar-refractivity contribution in [2.75, 3.05) is 0 Å². The van der Waals surface area contributed by atoms with Crippen LogP contribution in [-0.4, -0.2) is 0 Å². The summed E-state index contributed by atoms with van der Waals surface area (Å²) < 4.78 is 0. The van der Waals surface area contributed by atoms with Crippen LogP contribution >= 0.6 is 0 Å². The lowest BCUT2D eigenvalue weighted by atomic mass is 9.67. The number of benzene rings is 1. The van der Waals surface area contributed by atoms with Crippen LogP contribution in [0.2, 0.25) is 0 Å². The number of hydrogen-bond acceptors (Lipinski definition) is 0. The van der Waals surface area contributed by atoms with Crippen molar-refractivity contribution in [2.45, 2.75) is 44.9 Å². The SMILES string of the molecule is CCC(C)(c1ccccc1)C1C=CCCC1. The Morgan fingerprint density at radius 2 is 2.00 bits per heavy atom. The van der Waals surface area contributed by atoms with E-state index in [9.17, 15) is 0 Å². The molecule has 0 saturated carbocycles. The second-order valence-corrected chi connectivity index (χ2v) is 5.10. The first kappa shape index (κ1) is 11.4. The molecule has 1 aromatic rings. The first-order valence-electron chi connectivity index (χ1n) is 6.49. The van der Waals surface area contributed by atoms with Gasteiger partial charge >= 0.3 is 0 Å². The van der Waals surface area contributed by atoms with Gasteiger partial charge in [-0.25, -0.2) is 0 Å². The highest BCUT2D eigenvalue weighted by Gasteiger charge is 2.32. The molecule has 0 nitrogen and oxygen atoms in total. The van der Waals surface area contributed by atoms with E-state index in [1.54, 1.807) is 0 Å². The van der Waals surface area contributed by atoms with Crippen molar-refractivity contribution < 1.29 is 0 Å². The van der Waals surface area contributed by atoms with Gasteiger partial charge < -0.3 is 0 Å². The molecule has 0 N–H and O–H groups in total. The highest BCUT2D eigenvalue weighted by molar-refractivity contribution is 5.27.